The Hall–Kier alpha value is -1.87. The van der Waals surface area contributed by atoms with Crippen molar-refractivity contribution in [1.82, 2.24) is 20.2 Å². The number of nitrogens with one attached hydrogen (secondary N) is 1. The summed E-state index contributed by atoms with van der Waals surface area (Å²) in [4.78, 5) is 24.1. The second-order valence-corrected chi connectivity index (χ2v) is 10.8. The molecule has 34 heavy (non-hydrogen) atoms. The van der Waals surface area contributed by atoms with Gasteiger partial charge in [-0.05, 0) is 58.4 Å². The van der Waals surface area contributed by atoms with Gasteiger partial charge in [-0.25, -0.2) is 9.97 Å². The molecule has 9 heteroatoms. The normalized spacial score (nSPS) is 24.8. The Labute approximate surface area is 202 Å². The summed E-state index contributed by atoms with van der Waals surface area (Å²) in [7, 11) is 0. The summed E-state index contributed by atoms with van der Waals surface area (Å²) < 4.78 is 33.9. The summed E-state index contributed by atoms with van der Waals surface area (Å²) in [6.07, 6.45) is 2.97. The second kappa shape index (κ2) is 11.2. The molecule has 0 bridgehead atoms. The summed E-state index contributed by atoms with van der Waals surface area (Å²) in [5.74, 6) is 1.64. The van der Waals surface area contributed by atoms with Crippen molar-refractivity contribution in [1.29, 1.82) is 0 Å². The van der Waals surface area contributed by atoms with E-state index in [9.17, 15) is 13.6 Å². The summed E-state index contributed by atoms with van der Waals surface area (Å²) in [6, 6.07) is 2.02. The van der Waals surface area contributed by atoms with Gasteiger partial charge in [0.05, 0.1) is 6.61 Å². The zero-order valence-electron chi connectivity index (χ0n) is 21.3. The number of aromatic nitrogens is 2. The van der Waals surface area contributed by atoms with Crippen LogP contribution in [-0.2, 0) is 21.1 Å². The summed E-state index contributed by atoms with van der Waals surface area (Å²) in [5, 5.41) is 2.91. The SMILES string of the molecule is CCOC(F)(F)c1cc(N2CCN(CCC3CCC(NC=O)CC3)C(C)C2)nc(C(C)(C)C)n1. The number of carbonyl (C=O) groups excluding carboxylic acids is 1. The Morgan fingerprint density at radius 3 is 2.47 bits per heavy atom. The Morgan fingerprint density at radius 2 is 1.88 bits per heavy atom. The number of carbonyl (C=O) groups is 1. The minimum Gasteiger partial charge on any atom is -0.356 e. The average molecular weight is 482 g/mol. The molecule has 1 aromatic rings. The molecule has 1 aliphatic carbocycles. The van der Waals surface area contributed by atoms with Gasteiger partial charge in [-0.1, -0.05) is 20.8 Å². The lowest BCUT2D eigenvalue weighted by Gasteiger charge is -2.41. The molecule has 1 N–H and O–H groups in total. The van der Waals surface area contributed by atoms with Gasteiger partial charge in [0.15, 0.2) is 0 Å². The molecular formula is C25H41F2N5O2. The van der Waals surface area contributed by atoms with E-state index in [-0.39, 0.29) is 12.3 Å². The van der Waals surface area contributed by atoms with Crippen molar-refractivity contribution in [2.75, 3.05) is 37.7 Å². The lowest BCUT2D eigenvalue weighted by Crippen LogP contribution is -2.52. The molecule has 1 aromatic heterocycles. The molecule has 1 saturated carbocycles. The van der Waals surface area contributed by atoms with Crippen LogP contribution in [-0.4, -0.2) is 66.1 Å². The molecular weight excluding hydrogens is 440 g/mol. The van der Waals surface area contributed by atoms with Crippen LogP contribution in [0.5, 0.6) is 0 Å². The molecule has 2 aliphatic rings. The van der Waals surface area contributed by atoms with E-state index in [4.69, 9.17) is 4.74 Å². The summed E-state index contributed by atoms with van der Waals surface area (Å²) in [6.45, 7) is 12.8. The highest BCUT2D eigenvalue weighted by atomic mass is 19.3. The highest BCUT2D eigenvalue weighted by Gasteiger charge is 2.37. The Morgan fingerprint density at radius 1 is 1.18 bits per heavy atom. The molecule has 192 valence electrons. The minimum atomic E-state index is -3.44. The predicted octanol–water partition coefficient (Wildman–Crippen LogP) is 4.07. The number of rotatable bonds is 9. The number of halogens is 2. The largest absolute Gasteiger partial charge is 0.400 e. The van der Waals surface area contributed by atoms with Crippen LogP contribution >= 0.6 is 0 Å². The van der Waals surface area contributed by atoms with E-state index in [0.717, 1.165) is 64.7 Å². The molecule has 1 saturated heterocycles. The highest BCUT2D eigenvalue weighted by Crippen LogP contribution is 2.33. The first-order chi connectivity index (χ1) is 16.0. The lowest BCUT2D eigenvalue weighted by atomic mass is 9.84. The van der Waals surface area contributed by atoms with Crippen LogP contribution in [0.15, 0.2) is 6.07 Å². The third kappa shape index (κ3) is 6.84. The number of hydrogen-bond acceptors (Lipinski definition) is 6. The average Bonchev–Trinajstić information content (AvgIpc) is 2.78. The summed E-state index contributed by atoms with van der Waals surface area (Å²) >= 11 is 0. The summed E-state index contributed by atoms with van der Waals surface area (Å²) in [5.41, 5.74) is -0.834. The third-order valence-electron chi connectivity index (χ3n) is 7.07. The quantitative estimate of drug-likeness (QED) is 0.537. The van der Waals surface area contributed by atoms with E-state index in [1.165, 1.54) is 6.07 Å². The molecule has 7 nitrogen and oxygen atoms in total. The molecule has 1 amide bonds. The van der Waals surface area contributed by atoms with Crippen LogP contribution < -0.4 is 10.2 Å². The standard InChI is InChI=1S/C25H41F2N5O2/c1-6-34-25(26,27)21-15-22(30-23(29-21)24(3,4)5)32-14-13-31(18(2)16-32)12-11-19-7-9-20(10-8-19)28-17-33/h15,17-20H,6-14,16H2,1-5H3,(H,28,33). The maximum atomic E-state index is 14.6. The number of amides is 1. The van der Waals surface area contributed by atoms with Crippen LogP contribution in [0, 0.1) is 5.92 Å². The first-order valence-electron chi connectivity index (χ1n) is 12.6. The minimum absolute atomic E-state index is 0.0951. The molecule has 0 radical (unpaired) electrons. The zero-order chi connectivity index (χ0) is 24.9. The van der Waals surface area contributed by atoms with Crippen molar-refractivity contribution in [2.45, 2.75) is 90.3 Å². The Kier molecular flexibility index (Phi) is 8.84. The first-order valence-corrected chi connectivity index (χ1v) is 12.6. The van der Waals surface area contributed by atoms with Gasteiger partial charge in [0, 0.05) is 43.2 Å². The number of anilines is 1. The predicted molar refractivity (Wildman–Crippen MR) is 129 cm³/mol. The van der Waals surface area contributed by atoms with E-state index >= 15 is 0 Å². The Bertz CT molecular complexity index is 809. The van der Waals surface area contributed by atoms with E-state index in [1.54, 1.807) is 6.92 Å². The number of hydrogen-bond donors (Lipinski definition) is 1. The van der Waals surface area contributed by atoms with Gasteiger partial charge >= 0.3 is 6.11 Å². The molecule has 0 spiro atoms. The van der Waals surface area contributed by atoms with Crippen molar-refractivity contribution < 1.29 is 18.3 Å². The van der Waals surface area contributed by atoms with Gasteiger partial charge in [0.1, 0.15) is 17.3 Å². The molecule has 3 rings (SSSR count). The van der Waals surface area contributed by atoms with E-state index in [1.807, 2.05) is 20.8 Å². The topological polar surface area (TPSA) is 70.6 Å². The second-order valence-electron chi connectivity index (χ2n) is 10.8. The van der Waals surface area contributed by atoms with Crippen molar-refractivity contribution in [3.05, 3.63) is 17.6 Å². The number of nitrogens with zero attached hydrogens (tertiary/aromatic N) is 4. The van der Waals surface area contributed by atoms with Gasteiger partial charge in [-0.3, -0.25) is 9.69 Å². The Balaban J connectivity index is 1.63. The first kappa shape index (κ1) is 26.7. The zero-order valence-corrected chi connectivity index (χ0v) is 21.3. The molecule has 1 aliphatic heterocycles. The molecule has 1 atom stereocenters. The van der Waals surface area contributed by atoms with E-state index < -0.39 is 11.5 Å². The van der Waals surface area contributed by atoms with Crippen LogP contribution in [0.4, 0.5) is 14.6 Å². The van der Waals surface area contributed by atoms with Crippen molar-refractivity contribution >= 4 is 12.2 Å². The number of alkyl halides is 2. The van der Waals surface area contributed by atoms with Gasteiger partial charge in [0.2, 0.25) is 6.41 Å². The monoisotopic (exact) mass is 481 g/mol. The smallest absolute Gasteiger partial charge is 0.356 e. The van der Waals surface area contributed by atoms with Crippen molar-refractivity contribution in [3.63, 3.8) is 0 Å². The van der Waals surface area contributed by atoms with Crippen LogP contribution in [0.2, 0.25) is 0 Å². The van der Waals surface area contributed by atoms with Gasteiger partial charge in [-0.2, -0.15) is 8.78 Å². The van der Waals surface area contributed by atoms with Gasteiger partial charge < -0.3 is 15.0 Å². The van der Waals surface area contributed by atoms with Crippen LogP contribution in [0.1, 0.15) is 78.2 Å². The van der Waals surface area contributed by atoms with Crippen LogP contribution in [0.3, 0.4) is 0 Å². The molecule has 2 heterocycles. The van der Waals surface area contributed by atoms with Gasteiger partial charge in [0.25, 0.3) is 0 Å². The maximum Gasteiger partial charge on any atom is 0.400 e. The molecule has 0 aromatic carbocycles. The van der Waals surface area contributed by atoms with Crippen molar-refractivity contribution in [3.8, 4) is 0 Å². The number of ether oxygens (including phenoxy) is 1. The van der Waals surface area contributed by atoms with Gasteiger partial charge in [-0.15, -0.1) is 0 Å². The third-order valence-corrected chi connectivity index (χ3v) is 7.07. The maximum absolute atomic E-state index is 14.6. The number of piperazine rings is 1. The van der Waals surface area contributed by atoms with E-state index in [0.29, 0.717) is 29.6 Å². The fourth-order valence-corrected chi connectivity index (χ4v) is 4.93. The lowest BCUT2D eigenvalue weighted by molar-refractivity contribution is -0.248. The fraction of sp³-hybridized carbons (Fsp3) is 0.800. The van der Waals surface area contributed by atoms with Crippen LogP contribution in [0.25, 0.3) is 0 Å². The van der Waals surface area contributed by atoms with Crippen molar-refractivity contribution in [2.24, 2.45) is 5.92 Å². The van der Waals surface area contributed by atoms with E-state index in [2.05, 4.69) is 32.0 Å². The highest BCUT2D eigenvalue weighted by molar-refractivity contribution is 5.46. The fourth-order valence-electron chi connectivity index (χ4n) is 4.93. The molecule has 1 unspecified atom stereocenters. The molecule has 2 fully saturated rings.